The van der Waals surface area contributed by atoms with E-state index in [0.717, 1.165) is 0 Å². The topological polar surface area (TPSA) is 66.9 Å². The third kappa shape index (κ3) is 4.49. The summed E-state index contributed by atoms with van der Waals surface area (Å²) >= 11 is 13.0. The predicted molar refractivity (Wildman–Crippen MR) is 102 cm³/mol. The number of aromatic nitrogens is 2. The number of thiazole rings is 1. The molecule has 1 aromatic carbocycles. The highest BCUT2D eigenvalue weighted by atomic mass is 35.5. The lowest BCUT2D eigenvalue weighted by Gasteiger charge is -2.06. The molecule has 0 radical (unpaired) electrons. The number of nitrogens with zero attached hydrogens (tertiary/aromatic N) is 2. The summed E-state index contributed by atoms with van der Waals surface area (Å²) in [6.07, 6.45) is 1.52. The molecule has 0 spiro atoms. The molecule has 0 fully saturated rings. The van der Waals surface area contributed by atoms with Crippen molar-refractivity contribution in [3.63, 3.8) is 0 Å². The number of carbonyl (C=O) groups is 1. The van der Waals surface area contributed by atoms with Crippen molar-refractivity contribution < 1.29 is 9.18 Å². The van der Waals surface area contributed by atoms with Crippen molar-refractivity contribution in [3.05, 3.63) is 68.5 Å². The van der Waals surface area contributed by atoms with E-state index < -0.39 is 5.82 Å². The molecule has 0 aliphatic carbocycles. The number of pyridine rings is 1. The zero-order valence-corrected chi connectivity index (χ0v) is 15.8. The number of carbonyl (C=O) groups excluding carboxylic acids is 1. The van der Waals surface area contributed by atoms with E-state index in [2.05, 4.69) is 20.6 Å². The number of amides is 1. The minimum absolute atomic E-state index is 0.191. The van der Waals surface area contributed by atoms with E-state index >= 15 is 0 Å². The summed E-state index contributed by atoms with van der Waals surface area (Å²) in [6, 6.07) is 7.47. The molecular formula is C17H13Cl2FN4OS. The van der Waals surface area contributed by atoms with Crippen LogP contribution in [0.25, 0.3) is 0 Å². The summed E-state index contributed by atoms with van der Waals surface area (Å²) < 4.78 is 13.1. The molecule has 134 valence electrons. The van der Waals surface area contributed by atoms with E-state index in [1.54, 1.807) is 19.1 Å². The molecule has 0 saturated carbocycles. The Morgan fingerprint density at radius 2 is 2.08 bits per heavy atom. The second-order valence-corrected chi connectivity index (χ2v) is 7.18. The van der Waals surface area contributed by atoms with Gasteiger partial charge >= 0.3 is 0 Å². The summed E-state index contributed by atoms with van der Waals surface area (Å²) in [7, 11) is 0. The van der Waals surface area contributed by atoms with Gasteiger partial charge in [0.15, 0.2) is 5.13 Å². The zero-order chi connectivity index (χ0) is 18.7. The number of halogens is 3. The largest absolute Gasteiger partial charge is 0.347 e. The van der Waals surface area contributed by atoms with Crippen molar-refractivity contribution >= 4 is 51.4 Å². The Labute approximate surface area is 163 Å². The quantitative estimate of drug-likeness (QED) is 0.623. The van der Waals surface area contributed by atoms with E-state index in [1.165, 1.54) is 35.7 Å². The average molecular weight is 411 g/mol. The fraction of sp³-hybridized carbons (Fsp3) is 0.118. The zero-order valence-electron chi connectivity index (χ0n) is 13.5. The first-order valence-electron chi connectivity index (χ1n) is 7.50. The van der Waals surface area contributed by atoms with Crippen molar-refractivity contribution in [3.8, 4) is 0 Å². The predicted octanol–water partition coefficient (Wildman–Crippen LogP) is 4.97. The standard InChI is InChI=1S/C17H13Cl2FN4OS/c1-9-15(16(25)22-7-10-2-4-12(20)6-13(10)19)26-17(23-9)24-14-5-3-11(18)8-21-14/h2-6,8H,7H2,1H3,(H,22,25)(H,21,23,24). The molecule has 0 aliphatic rings. The Morgan fingerprint density at radius 1 is 1.27 bits per heavy atom. The lowest BCUT2D eigenvalue weighted by atomic mass is 10.2. The summed E-state index contributed by atoms with van der Waals surface area (Å²) in [6.45, 7) is 1.94. The third-order valence-electron chi connectivity index (χ3n) is 3.42. The Balaban J connectivity index is 1.67. The molecule has 2 aromatic heterocycles. The van der Waals surface area contributed by atoms with Gasteiger partial charge in [-0.05, 0) is 36.8 Å². The maximum absolute atomic E-state index is 13.1. The van der Waals surface area contributed by atoms with Crippen molar-refractivity contribution in [1.29, 1.82) is 0 Å². The van der Waals surface area contributed by atoms with Crippen LogP contribution in [0.4, 0.5) is 15.3 Å². The molecule has 3 aromatic rings. The van der Waals surface area contributed by atoms with Gasteiger partial charge in [0.05, 0.1) is 10.7 Å². The van der Waals surface area contributed by atoms with Gasteiger partial charge < -0.3 is 10.6 Å². The van der Waals surface area contributed by atoms with E-state index in [9.17, 15) is 9.18 Å². The molecule has 0 unspecified atom stereocenters. The molecule has 2 heterocycles. The summed E-state index contributed by atoms with van der Waals surface area (Å²) in [5, 5.41) is 7.14. The molecule has 26 heavy (non-hydrogen) atoms. The van der Waals surface area contributed by atoms with Crippen LogP contribution in [0.5, 0.6) is 0 Å². The third-order valence-corrected chi connectivity index (χ3v) is 5.07. The van der Waals surface area contributed by atoms with Gasteiger partial charge in [0.2, 0.25) is 0 Å². The highest BCUT2D eigenvalue weighted by Gasteiger charge is 2.16. The molecule has 2 N–H and O–H groups in total. The van der Waals surface area contributed by atoms with Gasteiger partial charge in [-0.2, -0.15) is 0 Å². The van der Waals surface area contributed by atoms with Gasteiger partial charge in [-0.3, -0.25) is 4.79 Å². The van der Waals surface area contributed by atoms with Crippen molar-refractivity contribution in [2.75, 3.05) is 5.32 Å². The van der Waals surface area contributed by atoms with Crippen LogP contribution in [0, 0.1) is 12.7 Å². The fourth-order valence-electron chi connectivity index (χ4n) is 2.14. The molecule has 0 atom stereocenters. The summed E-state index contributed by atoms with van der Waals surface area (Å²) in [5.41, 5.74) is 1.22. The highest BCUT2D eigenvalue weighted by Crippen LogP contribution is 2.25. The van der Waals surface area contributed by atoms with Crippen LogP contribution < -0.4 is 10.6 Å². The molecule has 3 rings (SSSR count). The molecule has 1 amide bonds. The van der Waals surface area contributed by atoms with Crippen LogP contribution in [-0.4, -0.2) is 15.9 Å². The van der Waals surface area contributed by atoms with Gasteiger partial charge in [-0.15, -0.1) is 0 Å². The lowest BCUT2D eigenvalue weighted by Crippen LogP contribution is -2.22. The highest BCUT2D eigenvalue weighted by molar-refractivity contribution is 7.17. The van der Waals surface area contributed by atoms with Gasteiger partial charge in [0.1, 0.15) is 16.5 Å². The average Bonchev–Trinajstić information content (AvgIpc) is 2.96. The number of rotatable bonds is 5. The van der Waals surface area contributed by atoms with Crippen molar-refractivity contribution in [2.45, 2.75) is 13.5 Å². The van der Waals surface area contributed by atoms with Crippen LogP contribution in [0.3, 0.4) is 0 Å². The number of nitrogens with one attached hydrogen (secondary N) is 2. The van der Waals surface area contributed by atoms with E-state index in [4.69, 9.17) is 23.2 Å². The Bertz CT molecular complexity index is 946. The molecule has 0 saturated heterocycles. The fourth-order valence-corrected chi connectivity index (χ4v) is 3.38. The maximum Gasteiger partial charge on any atom is 0.263 e. The van der Waals surface area contributed by atoms with Crippen LogP contribution >= 0.6 is 34.5 Å². The summed E-state index contributed by atoms with van der Waals surface area (Å²) in [5.74, 6) is -0.124. The van der Waals surface area contributed by atoms with E-state index in [-0.39, 0.29) is 17.5 Å². The van der Waals surface area contributed by atoms with Crippen LogP contribution in [0.15, 0.2) is 36.5 Å². The molecule has 0 aliphatic heterocycles. The smallest absolute Gasteiger partial charge is 0.263 e. The number of hydrogen-bond donors (Lipinski definition) is 2. The first kappa shape index (κ1) is 18.6. The Kier molecular flexibility index (Phi) is 5.70. The minimum Gasteiger partial charge on any atom is -0.347 e. The van der Waals surface area contributed by atoms with E-state index in [1.807, 2.05) is 0 Å². The summed E-state index contributed by atoms with van der Waals surface area (Å²) in [4.78, 5) is 21.3. The van der Waals surface area contributed by atoms with Crippen LogP contribution in [-0.2, 0) is 6.54 Å². The Morgan fingerprint density at radius 3 is 2.77 bits per heavy atom. The van der Waals surface area contributed by atoms with Crippen LogP contribution in [0.2, 0.25) is 10.0 Å². The molecule has 5 nitrogen and oxygen atoms in total. The monoisotopic (exact) mass is 410 g/mol. The van der Waals surface area contributed by atoms with E-state index in [0.29, 0.717) is 32.1 Å². The lowest BCUT2D eigenvalue weighted by molar-refractivity contribution is 0.0954. The van der Waals surface area contributed by atoms with Crippen molar-refractivity contribution in [2.24, 2.45) is 0 Å². The maximum atomic E-state index is 13.1. The second-order valence-electron chi connectivity index (χ2n) is 5.34. The minimum atomic E-state index is -0.421. The molecule has 0 bridgehead atoms. The molecule has 9 heteroatoms. The van der Waals surface area contributed by atoms with Gasteiger partial charge in [0.25, 0.3) is 5.91 Å². The van der Waals surface area contributed by atoms with Crippen LogP contribution in [0.1, 0.15) is 20.9 Å². The number of hydrogen-bond acceptors (Lipinski definition) is 5. The second kappa shape index (κ2) is 7.99. The SMILES string of the molecule is Cc1nc(Nc2ccc(Cl)cn2)sc1C(=O)NCc1ccc(F)cc1Cl. The van der Waals surface area contributed by atoms with Gasteiger partial charge in [-0.1, -0.05) is 40.6 Å². The number of benzene rings is 1. The molecular weight excluding hydrogens is 398 g/mol. The Hall–Kier alpha value is -2.22. The number of anilines is 2. The number of aryl methyl sites for hydroxylation is 1. The first-order chi connectivity index (χ1) is 12.4. The van der Waals surface area contributed by atoms with Gasteiger partial charge in [-0.25, -0.2) is 14.4 Å². The van der Waals surface area contributed by atoms with Crippen molar-refractivity contribution in [1.82, 2.24) is 15.3 Å². The first-order valence-corrected chi connectivity index (χ1v) is 9.08. The normalized spacial score (nSPS) is 10.6. The van der Waals surface area contributed by atoms with Gasteiger partial charge in [0, 0.05) is 17.8 Å².